The van der Waals surface area contributed by atoms with Crippen LogP contribution < -0.4 is 10.1 Å². The van der Waals surface area contributed by atoms with E-state index in [1.807, 2.05) is 17.7 Å². The molecule has 0 amide bonds. The molecule has 1 aliphatic heterocycles. The van der Waals surface area contributed by atoms with Crippen LogP contribution in [0.3, 0.4) is 0 Å². The molecule has 0 saturated carbocycles. The third-order valence-electron chi connectivity index (χ3n) is 3.19. The molecule has 2 aromatic rings. The molecule has 1 saturated heterocycles. The van der Waals surface area contributed by atoms with Gasteiger partial charge in [-0.25, -0.2) is 9.97 Å². The van der Waals surface area contributed by atoms with Gasteiger partial charge in [0.05, 0.1) is 11.8 Å². The highest BCUT2D eigenvalue weighted by Gasteiger charge is 2.16. The lowest BCUT2D eigenvalue weighted by atomic mass is 10.2. The third-order valence-corrected chi connectivity index (χ3v) is 3.19. The Balaban J connectivity index is 1.79. The molecule has 1 aliphatic rings. The Labute approximate surface area is 99.8 Å². The predicted octanol–water partition coefficient (Wildman–Crippen LogP) is 1.10. The lowest BCUT2D eigenvalue weighted by Crippen LogP contribution is -2.28. The molecule has 2 aromatic heterocycles. The lowest BCUT2D eigenvalue weighted by molar-refractivity contribution is 0.270. The van der Waals surface area contributed by atoms with Gasteiger partial charge in [-0.15, -0.1) is 0 Å². The molecule has 0 aromatic carbocycles. The number of pyridine rings is 1. The Morgan fingerprint density at radius 3 is 3.29 bits per heavy atom. The van der Waals surface area contributed by atoms with E-state index in [9.17, 15) is 0 Å². The molecular formula is C12H16N4O. The number of aromatic nitrogens is 3. The van der Waals surface area contributed by atoms with Gasteiger partial charge in [0.1, 0.15) is 6.61 Å². The van der Waals surface area contributed by atoms with Crippen molar-refractivity contribution in [1.82, 2.24) is 19.9 Å². The normalized spacial score (nSPS) is 19.9. The summed E-state index contributed by atoms with van der Waals surface area (Å²) in [4.78, 5) is 8.57. The van der Waals surface area contributed by atoms with Gasteiger partial charge in [0.25, 0.3) is 0 Å². The molecule has 17 heavy (non-hydrogen) atoms. The van der Waals surface area contributed by atoms with Crippen molar-refractivity contribution in [2.45, 2.75) is 18.9 Å². The van der Waals surface area contributed by atoms with Crippen LogP contribution in [0.5, 0.6) is 5.88 Å². The lowest BCUT2D eigenvalue weighted by Gasteiger charge is -2.11. The van der Waals surface area contributed by atoms with Gasteiger partial charge in [-0.05, 0) is 25.5 Å². The summed E-state index contributed by atoms with van der Waals surface area (Å²) in [6, 6.07) is 2.40. The molecule has 3 rings (SSSR count). The number of nitrogens with zero attached hydrogens (tertiary/aromatic N) is 3. The molecule has 1 N–H and O–H groups in total. The fraction of sp³-hybridized carbons (Fsp3) is 0.500. The minimum absolute atomic E-state index is 0.454. The van der Waals surface area contributed by atoms with E-state index < -0.39 is 0 Å². The van der Waals surface area contributed by atoms with Crippen molar-refractivity contribution >= 4 is 11.0 Å². The quantitative estimate of drug-likeness (QED) is 0.861. The summed E-state index contributed by atoms with van der Waals surface area (Å²) in [5, 5.41) is 3.40. The van der Waals surface area contributed by atoms with Crippen molar-refractivity contribution in [2.24, 2.45) is 7.05 Å². The molecule has 1 atom stereocenters. The van der Waals surface area contributed by atoms with Gasteiger partial charge in [-0.1, -0.05) is 0 Å². The first kappa shape index (κ1) is 10.5. The van der Waals surface area contributed by atoms with E-state index in [4.69, 9.17) is 4.74 Å². The summed E-state index contributed by atoms with van der Waals surface area (Å²) >= 11 is 0. The van der Waals surface area contributed by atoms with E-state index in [0.29, 0.717) is 18.5 Å². The first-order valence-electron chi connectivity index (χ1n) is 5.97. The van der Waals surface area contributed by atoms with Gasteiger partial charge in [0.15, 0.2) is 5.52 Å². The number of hydrogen-bond acceptors (Lipinski definition) is 4. The Bertz CT molecular complexity index is 516. The molecule has 0 aliphatic carbocycles. The fourth-order valence-corrected chi connectivity index (χ4v) is 2.22. The summed E-state index contributed by atoms with van der Waals surface area (Å²) in [6.07, 6.45) is 5.96. The van der Waals surface area contributed by atoms with Crippen LogP contribution in [0.25, 0.3) is 11.0 Å². The molecular weight excluding hydrogens is 216 g/mol. The maximum absolute atomic E-state index is 5.77. The van der Waals surface area contributed by atoms with Crippen LogP contribution in [0.15, 0.2) is 18.6 Å². The number of rotatable bonds is 3. The minimum atomic E-state index is 0.454. The first-order chi connectivity index (χ1) is 8.34. The second-order valence-electron chi connectivity index (χ2n) is 4.44. The summed E-state index contributed by atoms with van der Waals surface area (Å²) in [5.74, 6) is 0.636. The highest BCUT2D eigenvalue weighted by molar-refractivity contribution is 5.79. The predicted molar refractivity (Wildman–Crippen MR) is 65.0 cm³/mol. The van der Waals surface area contributed by atoms with E-state index in [0.717, 1.165) is 17.6 Å². The largest absolute Gasteiger partial charge is 0.474 e. The van der Waals surface area contributed by atoms with Gasteiger partial charge < -0.3 is 14.6 Å². The Kier molecular flexibility index (Phi) is 2.68. The van der Waals surface area contributed by atoms with Crippen LogP contribution in [0.4, 0.5) is 0 Å². The summed E-state index contributed by atoms with van der Waals surface area (Å²) in [7, 11) is 1.97. The number of aryl methyl sites for hydroxylation is 1. The maximum Gasteiger partial charge on any atom is 0.242 e. The van der Waals surface area contributed by atoms with E-state index in [-0.39, 0.29) is 0 Å². The topological polar surface area (TPSA) is 52.0 Å². The van der Waals surface area contributed by atoms with Crippen molar-refractivity contribution < 1.29 is 4.74 Å². The second-order valence-corrected chi connectivity index (χ2v) is 4.44. The maximum atomic E-state index is 5.77. The molecule has 5 nitrogen and oxygen atoms in total. The highest BCUT2D eigenvalue weighted by atomic mass is 16.5. The van der Waals surface area contributed by atoms with E-state index in [2.05, 4.69) is 15.3 Å². The van der Waals surface area contributed by atoms with E-state index in [1.54, 1.807) is 12.5 Å². The minimum Gasteiger partial charge on any atom is -0.474 e. The van der Waals surface area contributed by atoms with Crippen LogP contribution in [0.2, 0.25) is 0 Å². The van der Waals surface area contributed by atoms with Crippen molar-refractivity contribution in [1.29, 1.82) is 0 Å². The summed E-state index contributed by atoms with van der Waals surface area (Å²) in [6.45, 7) is 1.76. The monoisotopic (exact) mass is 232 g/mol. The standard InChI is InChI=1S/C12H16N4O/c1-16-8-15-11-10(16)4-6-14-12(11)17-7-9-3-2-5-13-9/h4,6,8-9,13H,2-3,5,7H2,1H3. The zero-order valence-electron chi connectivity index (χ0n) is 9.89. The summed E-state index contributed by atoms with van der Waals surface area (Å²) < 4.78 is 7.74. The van der Waals surface area contributed by atoms with Crippen molar-refractivity contribution in [3.8, 4) is 5.88 Å². The molecule has 5 heteroatoms. The van der Waals surface area contributed by atoms with Crippen LogP contribution in [0.1, 0.15) is 12.8 Å². The average Bonchev–Trinajstić information content (AvgIpc) is 2.97. The van der Waals surface area contributed by atoms with Gasteiger partial charge >= 0.3 is 0 Å². The zero-order chi connectivity index (χ0) is 11.7. The molecule has 0 radical (unpaired) electrons. The smallest absolute Gasteiger partial charge is 0.242 e. The Hall–Kier alpha value is -1.62. The molecule has 1 unspecified atom stereocenters. The molecule has 3 heterocycles. The van der Waals surface area contributed by atoms with Gasteiger partial charge in [-0.2, -0.15) is 0 Å². The first-order valence-corrected chi connectivity index (χ1v) is 5.97. The van der Waals surface area contributed by atoms with Crippen molar-refractivity contribution in [3.63, 3.8) is 0 Å². The van der Waals surface area contributed by atoms with Crippen LogP contribution in [-0.2, 0) is 7.05 Å². The average molecular weight is 232 g/mol. The van der Waals surface area contributed by atoms with Gasteiger partial charge in [0, 0.05) is 19.3 Å². The number of hydrogen-bond donors (Lipinski definition) is 1. The van der Waals surface area contributed by atoms with E-state index in [1.165, 1.54) is 12.8 Å². The SMILES string of the molecule is Cn1cnc2c(OCC3CCCN3)nccc21. The summed E-state index contributed by atoms with van der Waals surface area (Å²) in [5.41, 5.74) is 1.89. The second kappa shape index (κ2) is 4.33. The van der Waals surface area contributed by atoms with Crippen LogP contribution in [0, 0.1) is 0 Å². The number of nitrogens with one attached hydrogen (secondary N) is 1. The molecule has 1 fully saturated rings. The highest BCUT2D eigenvalue weighted by Crippen LogP contribution is 2.21. The molecule has 0 spiro atoms. The number of imidazole rings is 1. The Morgan fingerprint density at radius 2 is 2.47 bits per heavy atom. The fourth-order valence-electron chi connectivity index (χ4n) is 2.22. The Morgan fingerprint density at radius 1 is 1.53 bits per heavy atom. The van der Waals surface area contributed by atoms with E-state index >= 15 is 0 Å². The molecule has 0 bridgehead atoms. The van der Waals surface area contributed by atoms with Crippen molar-refractivity contribution in [3.05, 3.63) is 18.6 Å². The zero-order valence-corrected chi connectivity index (χ0v) is 9.89. The van der Waals surface area contributed by atoms with Crippen LogP contribution >= 0.6 is 0 Å². The van der Waals surface area contributed by atoms with Crippen molar-refractivity contribution in [2.75, 3.05) is 13.2 Å². The van der Waals surface area contributed by atoms with Gasteiger partial charge in [0.2, 0.25) is 5.88 Å². The molecule has 90 valence electrons. The number of ether oxygens (including phenoxy) is 1. The van der Waals surface area contributed by atoms with Gasteiger partial charge in [-0.3, -0.25) is 0 Å². The third kappa shape index (κ3) is 1.98. The van der Waals surface area contributed by atoms with Crippen LogP contribution in [-0.4, -0.2) is 33.7 Å². The number of fused-ring (bicyclic) bond motifs is 1.